The van der Waals surface area contributed by atoms with E-state index < -0.39 is 5.54 Å². The summed E-state index contributed by atoms with van der Waals surface area (Å²) < 4.78 is 3.17. The second kappa shape index (κ2) is 9.04. The first-order valence-electron chi connectivity index (χ1n) is 12.3. The number of thiophene rings is 1. The highest BCUT2D eigenvalue weighted by Gasteiger charge is 2.48. The molecule has 34 heavy (non-hydrogen) atoms. The van der Waals surface area contributed by atoms with Gasteiger partial charge in [-0.2, -0.15) is 0 Å². The zero-order chi connectivity index (χ0) is 24.0. The number of nitrogens with zero attached hydrogens (tertiary/aromatic N) is 2. The van der Waals surface area contributed by atoms with Gasteiger partial charge < -0.3 is 14.8 Å². The van der Waals surface area contributed by atoms with E-state index in [1.54, 1.807) is 16.2 Å². The molecular weight excluding hydrogens is 466 g/mol. The number of fused-ring (bicyclic) bond motifs is 3. The summed E-state index contributed by atoms with van der Waals surface area (Å²) in [4.78, 5) is 30.8. The van der Waals surface area contributed by atoms with Gasteiger partial charge in [0.25, 0.3) is 5.91 Å². The molecule has 0 saturated heterocycles. The molecule has 0 unspecified atom stereocenters. The molecule has 1 aliphatic carbocycles. The summed E-state index contributed by atoms with van der Waals surface area (Å²) >= 11 is 7.96. The van der Waals surface area contributed by atoms with Gasteiger partial charge in [-0.1, -0.05) is 37.6 Å². The summed E-state index contributed by atoms with van der Waals surface area (Å²) in [5.74, 6) is 0.532. The minimum absolute atomic E-state index is 0.0686. The number of aryl methyl sites for hydroxylation is 1. The van der Waals surface area contributed by atoms with Crippen LogP contribution in [0.1, 0.15) is 67.4 Å². The number of benzene rings is 1. The molecule has 5 nitrogen and oxygen atoms in total. The minimum atomic E-state index is -1.00. The van der Waals surface area contributed by atoms with Gasteiger partial charge in [0.15, 0.2) is 0 Å². The Bertz CT molecular complexity index is 1240. The molecule has 0 bridgehead atoms. The number of halogens is 1. The minimum Gasteiger partial charge on any atom is -0.351 e. The average molecular weight is 498 g/mol. The van der Waals surface area contributed by atoms with E-state index in [1.807, 2.05) is 37.3 Å². The molecular formula is C27H32ClN3O2S. The number of rotatable bonds is 5. The zero-order valence-electron chi connectivity index (χ0n) is 20.1. The molecule has 1 atom stereocenters. The molecule has 1 saturated carbocycles. The Morgan fingerprint density at radius 2 is 1.97 bits per heavy atom. The molecule has 1 aromatic carbocycles. The average Bonchev–Trinajstić information content (AvgIpc) is 3.37. The Kier molecular flexibility index (Phi) is 6.23. The maximum Gasteiger partial charge on any atom is 0.271 e. The van der Waals surface area contributed by atoms with Gasteiger partial charge in [-0.25, -0.2) is 0 Å². The van der Waals surface area contributed by atoms with Gasteiger partial charge in [0.05, 0.1) is 16.8 Å². The SMILES string of the molecule is CCc1cc2c(cc3n2C[C@](C)(C(=O)NC2CCC(C)CC2)N(Cc2cccc(Cl)c2)C3=O)s1. The van der Waals surface area contributed by atoms with Crippen molar-refractivity contribution in [1.29, 1.82) is 0 Å². The van der Waals surface area contributed by atoms with Crippen molar-refractivity contribution in [2.45, 2.75) is 77.5 Å². The van der Waals surface area contributed by atoms with Crippen molar-refractivity contribution in [1.82, 2.24) is 14.8 Å². The predicted octanol–water partition coefficient (Wildman–Crippen LogP) is 6.03. The molecule has 2 amide bonds. The number of carbonyl (C=O) groups excluding carboxylic acids is 2. The van der Waals surface area contributed by atoms with Gasteiger partial charge in [-0.3, -0.25) is 9.59 Å². The number of hydrogen-bond donors (Lipinski definition) is 1. The first kappa shape index (κ1) is 23.4. The van der Waals surface area contributed by atoms with Gasteiger partial charge in [0.2, 0.25) is 5.91 Å². The molecule has 180 valence electrons. The topological polar surface area (TPSA) is 54.3 Å². The van der Waals surface area contributed by atoms with Crippen LogP contribution in [-0.4, -0.2) is 32.9 Å². The summed E-state index contributed by atoms with van der Waals surface area (Å²) in [5.41, 5.74) is 1.62. The first-order valence-corrected chi connectivity index (χ1v) is 13.5. The highest BCUT2D eigenvalue weighted by Crippen LogP contribution is 2.37. The van der Waals surface area contributed by atoms with Crippen LogP contribution >= 0.6 is 22.9 Å². The number of amides is 2. The summed E-state index contributed by atoms with van der Waals surface area (Å²) in [6.45, 7) is 7.10. The Morgan fingerprint density at radius 3 is 2.68 bits per heavy atom. The second-order valence-electron chi connectivity index (χ2n) is 10.2. The van der Waals surface area contributed by atoms with E-state index in [-0.39, 0.29) is 17.9 Å². The van der Waals surface area contributed by atoms with E-state index in [0.717, 1.165) is 47.9 Å². The molecule has 3 aromatic rings. The van der Waals surface area contributed by atoms with Gasteiger partial charge in [-0.05, 0) is 74.8 Å². The maximum atomic E-state index is 13.9. The molecule has 7 heteroatoms. The fourth-order valence-corrected chi connectivity index (χ4v) is 6.63. The molecule has 2 aromatic heterocycles. The third-order valence-electron chi connectivity index (χ3n) is 7.59. The van der Waals surface area contributed by atoms with Gasteiger partial charge >= 0.3 is 0 Å². The highest BCUT2D eigenvalue weighted by molar-refractivity contribution is 7.19. The van der Waals surface area contributed by atoms with Crippen molar-refractivity contribution in [2.75, 3.05) is 0 Å². The fraction of sp³-hybridized carbons (Fsp3) is 0.481. The van der Waals surface area contributed by atoms with E-state index in [9.17, 15) is 9.59 Å². The van der Waals surface area contributed by atoms with Crippen molar-refractivity contribution in [3.63, 3.8) is 0 Å². The summed E-state index contributed by atoms with van der Waals surface area (Å²) in [6.07, 6.45) is 5.21. The Hall–Kier alpha value is -2.31. The lowest BCUT2D eigenvalue weighted by molar-refractivity contribution is -0.134. The third kappa shape index (κ3) is 4.16. The van der Waals surface area contributed by atoms with Crippen LogP contribution in [0.3, 0.4) is 0 Å². The molecule has 0 spiro atoms. The highest BCUT2D eigenvalue weighted by atomic mass is 35.5. The summed E-state index contributed by atoms with van der Waals surface area (Å²) in [7, 11) is 0. The molecule has 1 fully saturated rings. The van der Waals surface area contributed by atoms with Crippen LogP contribution in [0.2, 0.25) is 5.02 Å². The van der Waals surface area contributed by atoms with Crippen LogP contribution in [0.25, 0.3) is 10.2 Å². The smallest absolute Gasteiger partial charge is 0.271 e. The van der Waals surface area contributed by atoms with Crippen LogP contribution in [-0.2, 0) is 24.3 Å². The van der Waals surface area contributed by atoms with Crippen molar-refractivity contribution >= 4 is 45.0 Å². The Labute approximate surface area is 210 Å². The largest absolute Gasteiger partial charge is 0.351 e. The molecule has 3 heterocycles. The van der Waals surface area contributed by atoms with Gasteiger partial charge in [0.1, 0.15) is 11.2 Å². The number of carbonyl (C=O) groups is 2. The van der Waals surface area contributed by atoms with E-state index >= 15 is 0 Å². The predicted molar refractivity (Wildman–Crippen MR) is 138 cm³/mol. The van der Waals surface area contributed by atoms with Crippen LogP contribution in [0.4, 0.5) is 0 Å². The zero-order valence-corrected chi connectivity index (χ0v) is 21.6. The monoisotopic (exact) mass is 497 g/mol. The van der Waals surface area contributed by atoms with Crippen LogP contribution in [0.5, 0.6) is 0 Å². The van der Waals surface area contributed by atoms with Crippen LogP contribution < -0.4 is 5.32 Å². The Morgan fingerprint density at radius 1 is 1.21 bits per heavy atom. The third-order valence-corrected chi connectivity index (χ3v) is 9.04. The van der Waals surface area contributed by atoms with E-state index in [2.05, 4.69) is 29.8 Å². The molecule has 0 radical (unpaired) electrons. The number of nitrogens with one attached hydrogen (secondary N) is 1. The normalized spacial score (nSPS) is 24.9. The standard InChI is InChI=1S/C27H32ClN3O2S/c1-4-21-13-22-24(34-21)14-23-25(32)31(15-18-6-5-7-19(28)12-18)27(3,16-30(22)23)26(33)29-20-10-8-17(2)9-11-20/h5-7,12-14,17,20H,4,8-11,15-16H2,1-3H3,(H,29,33)/t17?,20?,27-/m1/s1. The van der Waals surface area contributed by atoms with Crippen molar-refractivity contribution in [3.05, 3.63) is 57.6 Å². The van der Waals surface area contributed by atoms with Gasteiger partial charge in [-0.15, -0.1) is 11.3 Å². The molecule has 1 aliphatic heterocycles. The quantitative estimate of drug-likeness (QED) is 0.468. The van der Waals surface area contributed by atoms with Crippen molar-refractivity contribution in [3.8, 4) is 0 Å². The second-order valence-corrected chi connectivity index (χ2v) is 11.8. The summed E-state index contributed by atoms with van der Waals surface area (Å²) in [6, 6.07) is 11.9. The lowest BCUT2D eigenvalue weighted by Gasteiger charge is -2.45. The first-order chi connectivity index (χ1) is 16.3. The maximum absolute atomic E-state index is 13.9. The molecule has 5 rings (SSSR count). The van der Waals surface area contributed by atoms with Crippen LogP contribution in [0.15, 0.2) is 36.4 Å². The van der Waals surface area contributed by atoms with E-state index in [0.29, 0.717) is 29.7 Å². The summed E-state index contributed by atoms with van der Waals surface area (Å²) in [5, 5.41) is 3.94. The lowest BCUT2D eigenvalue weighted by Crippen LogP contribution is -2.64. The van der Waals surface area contributed by atoms with Crippen molar-refractivity contribution < 1.29 is 9.59 Å². The lowest BCUT2D eigenvalue weighted by atomic mass is 9.86. The number of aromatic nitrogens is 1. The molecule has 1 N–H and O–H groups in total. The fourth-order valence-electron chi connectivity index (χ4n) is 5.37. The van der Waals surface area contributed by atoms with E-state index in [4.69, 9.17) is 11.6 Å². The Balaban J connectivity index is 1.52. The number of hydrogen-bond acceptors (Lipinski definition) is 3. The molecule has 2 aliphatic rings. The van der Waals surface area contributed by atoms with Gasteiger partial charge in [0, 0.05) is 22.5 Å². The van der Waals surface area contributed by atoms with E-state index in [1.165, 1.54) is 4.88 Å². The van der Waals surface area contributed by atoms with Crippen LogP contribution in [0, 0.1) is 5.92 Å². The van der Waals surface area contributed by atoms with Crippen molar-refractivity contribution in [2.24, 2.45) is 5.92 Å².